The highest BCUT2D eigenvalue weighted by Crippen LogP contribution is 2.34. The third-order valence-corrected chi connectivity index (χ3v) is 5.80. The average Bonchev–Trinajstić information content (AvgIpc) is 2.83. The van der Waals surface area contributed by atoms with E-state index in [9.17, 15) is 13.6 Å². The number of hydrogen-bond donors (Lipinski definition) is 0. The second kappa shape index (κ2) is 10.3. The lowest BCUT2D eigenvalue weighted by Gasteiger charge is -2.11. The quantitative estimate of drug-likeness (QED) is 0.189. The van der Waals surface area contributed by atoms with Gasteiger partial charge in [0.15, 0.2) is 23.2 Å². The standard InChI is InChI=1S/C28H24F4O3/c1-3-5-13-34-22-12-8-17-15-23(35-28(33)24(17)27(22)32)20-11-10-19(25(30)26(20)31)18-9-7-16(6-4-2)14-21(18)29/h7-12,14-15H,3-6,13H2,1-2H3. The molecule has 7 heteroatoms. The van der Waals surface area contributed by atoms with Crippen LogP contribution in [0.5, 0.6) is 5.75 Å². The molecule has 0 amide bonds. The van der Waals surface area contributed by atoms with Crippen molar-refractivity contribution in [3.63, 3.8) is 0 Å². The van der Waals surface area contributed by atoms with Crippen LogP contribution >= 0.6 is 0 Å². The lowest BCUT2D eigenvalue weighted by molar-refractivity contribution is 0.295. The minimum Gasteiger partial charge on any atom is -0.490 e. The van der Waals surface area contributed by atoms with Crippen LogP contribution in [0.25, 0.3) is 33.2 Å². The molecule has 0 aliphatic carbocycles. The fraction of sp³-hybridized carbons (Fsp3) is 0.250. The molecule has 3 aromatic carbocycles. The van der Waals surface area contributed by atoms with Crippen molar-refractivity contribution in [2.24, 2.45) is 0 Å². The summed E-state index contributed by atoms with van der Waals surface area (Å²) in [5.41, 5.74) is -0.954. The summed E-state index contributed by atoms with van der Waals surface area (Å²) in [4.78, 5) is 12.6. The Bertz CT molecular complexity index is 1440. The van der Waals surface area contributed by atoms with E-state index in [1.807, 2.05) is 13.8 Å². The van der Waals surface area contributed by atoms with Crippen LogP contribution < -0.4 is 10.4 Å². The van der Waals surface area contributed by atoms with Gasteiger partial charge in [0.05, 0.1) is 12.2 Å². The van der Waals surface area contributed by atoms with Crippen molar-refractivity contribution in [1.82, 2.24) is 0 Å². The van der Waals surface area contributed by atoms with E-state index < -0.39 is 28.9 Å². The minimum atomic E-state index is -1.30. The van der Waals surface area contributed by atoms with Crippen molar-refractivity contribution in [2.45, 2.75) is 39.5 Å². The molecule has 35 heavy (non-hydrogen) atoms. The molecule has 0 aliphatic rings. The van der Waals surface area contributed by atoms with Gasteiger partial charge in [0.2, 0.25) is 0 Å². The minimum absolute atomic E-state index is 0.0783. The largest absolute Gasteiger partial charge is 0.490 e. The van der Waals surface area contributed by atoms with Crippen LogP contribution in [0.4, 0.5) is 17.6 Å². The molecule has 4 aromatic rings. The molecule has 0 unspecified atom stereocenters. The summed E-state index contributed by atoms with van der Waals surface area (Å²) >= 11 is 0. The predicted molar refractivity (Wildman–Crippen MR) is 128 cm³/mol. The summed E-state index contributed by atoms with van der Waals surface area (Å²) in [6.07, 6.45) is 3.07. The second-order valence-electron chi connectivity index (χ2n) is 8.29. The Balaban J connectivity index is 1.74. The molecule has 4 rings (SSSR count). The van der Waals surface area contributed by atoms with Crippen LogP contribution in [0.3, 0.4) is 0 Å². The number of fused-ring (bicyclic) bond motifs is 1. The van der Waals surface area contributed by atoms with Gasteiger partial charge >= 0.3 is 5.63 Å². The summed E-state index contributed by atoms with van der Waals surface area (Å²) in [7, 11) is 0. The van der Waals surface area contributed by atoms with E-state index in [0.29, 0.717) is 13.0 Å². The van der Waals surface area contributed by atoms with Gasteiger partial charge in [-0.15, -0.1) is 0 Å². The maximum absolute atomic E-state index is 15.1. The Morgan fingerprint density at radius 1 is 0.800 bits per heavy atom. The van der Waals surface area contributed by atoms with E-state index >= 15 is 8.78 Å². The smallest absolute Gasteiger partial charge is 0.347 e. The second-order valence-corrected chi connectivity index (χ2v) is 8.29. The molecule has 0 N–H and O–H groups in total. The first-order valence-corrected chi connectivity index (χ1v) is 11.5. The number of aryl methyl sites for hydroxylation is 1. The summed E-state index contributed by atoms with van der Waals surface area (Å²) in [6, 6.07) is 10.9. The van der Waals surface area contributed by atoms with Gasteiger partial charge in [-0.1, -0.05) is 51.0 Å². The molecule has 182 valence electrons. The van der Waals surface area contributed by atoms with E-state index in [-0.39, 0.29) is 39.0 Å². The zero-order chi connectivity index (χ0) is 25.1. The molecule has 0 spiro atoms. The van der Waals surface area contributed by atoms with Gasteiger partial charge in [0.1, 0.15) is 17.0 Å². The monoisotopic (exact) mass is 484 g/mol. The first-order valence-electron chi connectivity index (χ1n) is 11.5. The molecule has 0 bridgehead atoms. The Morgan fingerprint density at radius 3 is 2.23 bits per heavy atom. The molecule has 0 fully saturated rings. The summed E-state index contributed by atoms with van der Waals surface area (Å²) in [6.45, 7) is 4.21. The van der Waals surface area contributed by atoms with Crippen molar-refractivity contribution in [1.29, 1.82) is 0 Å². The fourth-order valence-electron chi connectivity index (χ4n) is 3.96. The number of unbranched alkanes of at least 4 members (excludes halogenated alkanes) is 1. The first-order chi connectivity index (χ1) is 16.8. The van der Waals surface area contributed by atoms with Crippen LogP contribution in [0, 0.1) is 23.3 Å². The third kappa shape index (κ3) is 4.81. The lowest BCUT2D eigenvalue weighted by Crippen LogP contribution is -2.06. The number of rotatable bonds is 8. The van der Waals surface area contributed by atoms with Gasteiger partial charge in [-0.05, 0) is 48.1 Å². The number of halogens is 4. The Morgan fingerprint density at radius 2 is 1.51 bits per heavy atom. The fourth-order valence-corrected chi connectivity index (χ4v) is 3.96. The van der Waals surface area contributed by atoms with Gasteiger partial charge in [0, 0.05) is 11.1 Å². The lowest BCUT2D eigenvalue weighted by atomic mass is 9.98. The maximum atomic E-state index is 15.1. The van der Waals surface area contributed by atoms with Gasteiger partial charge in [-0.2, -0.15) is 0 Å². The van der Waals surface area contributed by atoms with Gasteiger partial charge in [0.25, 0.3) is 0 Å². The van der Waals surface area contributed by atoms with E-state index in [4.69, 9.17) is 9.15 Å². The topological polar surface area (TPSA) is 39.4 Å². The molecule has 1 aromatic heterocycles. The average molecular weight is 484 g/mol. The van der Waals surface area contributed by atoms with Crippen molar-refractivity contribution < 1.29 is 26.7 Å². The highest BCUT2D eigenvalue weighted by atomic mass is 19.2. The van der Waals surface area contributed by atoms with Crippen LogP contribution in [-0.4, -0.2) is 6.61 Å². The first kappa shape index (κ1) is 24.5. The predicted octanol–water partition coefficient (Wildman–Crippen LogP) is 7.81. The van der Waals surface area contributed by atoms with E-state index in [2.05, 4.69) is 0 Å². The van der Waals surface area contributed by atoms with Gasteiger partial charge < -0.3 is 9.15 Å². The van der Waals surface area contributed by atoms with Crippen molar-refractivity contribution in [3.05, 3.63) is 87.8 Å². The van der Waals surface area contributed by atoms with Gasteiger partial charge in [-0.25, -0.2) is 22.4 Å². The van der Waals surface area contributed by atoms with Crippen molar-refractivity contribution in [3.8, 4) is 28.2 Å². The SMILES string of the molecule is CCCCOc1ccc2cc(-c3ccc(-c4ccc(CCC)cc4F)c(F)c3F)oc(=O)c2c1F. The molecule has 0 saturated carbocycles. The highest BCUT2D eigenvalue weighted by Gasteiger charge is 2.21. The van der Waals surface area contributed by atoms with E-state index in [1.165, 1.54) is 42.5 Å². The normalized spacial score (nSPS) is 11.3. The summed E-state index contributed by atoms with van der Waals surface area (Å²) < 4.78 is 70.0. The molecular weight excluding hydrogens is 460 g/mol. The van der Waals surface area contributed by atoms with E-state index in [0.717, 1.165) is 24.8 Å². The maximum Gasteiger partial charge on any atom is 0.347 e. The zero-order valence-electron chi connectivity index (χ0n) is 19.4. The van der Waals surface area contributed by atoms with Crippen LogP contribution in [0.1, 0.15) is 38.7 Å². The molecule has 1 heterocycles. The Kier molecular flexibility index (Phi) is 7.24. The van der Waals surface area contributed by atoms with Crippen LogP contribution in [0.2, 0.25) is 0 Å². The molecule has 0 radical (unpaired) electrons. The van der Waals surface area contributed by atoms with E-state index in [1.54, 1.807) is 6.07 Å². The number of ether oxygens (including phenoxy) is 1. The Labute approximate surface area is 200 Å². The summed E-state index contributed by atoms with van der Waals surface area (Å²) in [5.74, 6) is -4.47. The zero-order valence-corrected chi connectivity index (χ0v) is 19.4. The van der Waals surface area contributed by atoms with Crippen molar-refractivity contribution in [2.75, 3.05) is 6.61 Å². The van der Waals surface area contributed by atoms with Crippen LogP contribution in [-0.2, 0) is 6.42 Å². The molecule has 0 aliphatic heterocycles. The molecule has 3 nitrogen and oxygen atoms in total. The third-order valence-electron chi connectivity index (χ3n) is 5.80. The van der Waals surface area contributed by atoms with Gasteiger partial charge in [-0.3, -0.25) is 0 Å². The molecule has 0 atom stereocenters. The molecule has 0 saturated heterocycles. The number of hydrogen-bond acceptors (Lipinski definition) is 3. The summed E-state index contributed by atoms with van der Waals surface area (Å²) in [5, 5.41) is -0.187. The number of benzene rings is 3. The van der Waals surface area contributed by atoms with Crippen LogP contribution in [0.15, 0.2) is 57.7 Å². The Hall–Kier alpha value is -3.61. The molecular formula is C28H24F4O3. The highest BCUT2D eigenvalue weighted by molar-refractivity contribution is 5.86. The van der Waals surface area contributed by atoms with Crippen molar-refractivity contribution >= 4 is 10.8 Å².